The molecule has 2 N–H and O–H groups in total. The Labute approximate surface area is 149 Å². The van der Waals surface area contributed by atoms with Gasteiger partial charge in [0.15, 0.2) is 6.61 Å². The fourth-order valence-corrected chi connectivity index (χ4v) is 2.49. The van der Waals surface area contributed by atoms with Crippen molar-refractivity contribution in [3.05, 3.63) is 72.0 Å². The van der Waals surface area contributed by atoms with Crippen LogP contribution >= 0.6 is 0 Å². The Morgan fingerprint density at radius 1 is 1.15 bits per heavy atom. The lowest BCUT2D eigenvalue weighted by Gasteiger charge is -2.08. The number of phenolic OH excluding ortho intramolecular Hbond substituents is 1. The molecule has 0 saturated heterocycles. The van der Waals surface area contributed by atoms with Crippen LogP contribution in [-0.4, -0.2) is 23.3 Å². The van der Waals surface area contributed by atoms with Crippen LogP contribution in [0.2, 0.25) is 0 Å². The Bertz CT molecular complexity index is 986. The maximum atomic E-state index is 13.1. The summed E-state index contributed by atoms with van der Waals surface area (Å²) < 4.78 is 18.3. The van der Waals surface area contributed by atoms with E-state index in [1.165, 1.54) is 18.2 Å². The van der Waals surface area contributed by atoms with Crippen LogP contribution in [0.3, 0.4) is 0 Å². The summed E-state index contributed by atoms with van der Waals surface area (Å²) in [5.74, 6) is -0.569. The van der Waals surface area contributed by atoms with E-state index in [2.05, 4.69) is 10.5 Å². The average molecular weight is 352 g/mol. The number of nitrogens with one attached hydrogen (secondary N) is 1. The molecule has 3 rings (SSSR count). The van der Waals surface area contributed by atoms with Crippen molar-refractivity contribution in [2.24, 2.45) is 5.10 Å². The van der Waals surface area contributed by atoms with Crippen molar-refractivity contribution >= 4 is 22.4 Å². The minimum atomic E-state index is -0.492. The van der Waals surface area contributed by atoms with Crippen LogP contribution in [-0.2, 0) is 4.79 Å². The summed E-state index contributed by atoms with van der Waals surface area (Å²) in [6.45, 7) is 1.38. The van der Waals surface area contributed by atoms with E-state index in [4.69, 9.17) is 4.74 Å². The van der Waals surface area contributed by atoms with Crippen LogP contribution in [0.1, 0.15) is 12.5 Å². The Kier molecular flexibility index (Phi) is 5.12. The zero-order valence-electron chi connectivity index (χ0n) is 14.1. The summed E-state index contributed by atoms with van der Waals surface area (Å²) in [6, 6.07) is 16.6. The molecule has 0 aliphatic heterocycles. The van der Waals surface area contributed by atoms with Crippen molar-refractivity contribution in [1.29, 1.82) is 0 Å². The number of aromatic hydroxyl groups is 1. The van der Waals surface area contributed by atoms with Gasteiger partial charge in [0, 0.05) is 17.0 Å². The summed E-state index contributed by atoms with van der Waals surface area (Å²) in [5, 5.41) is 16.0. The second kappa shape index (κ2) is 7.65. The van der Waals surface area contributed by atoms with Crippen molar-refractivity contribution in [2.75, 3.05) is 6.61 Å². The molecule has 132 valence electrons. The molecule has 0 saturated carbocycles. The molecule has 3 aromatic rings. The molecule has 0 spiro atoms. The lowest BCUT2D eigenvalue weighted by molar-refractivity contribution is -0.123. The second-order valence-electron chi connectivity index (χ2n) is 5.66. The molecule has 0 aliphatic rings. The summed E-state index contributed by atoms with van der Waals surface area (Å²) in [5.41, 5.74) is 3.33. The fourth-order valence-electron chi connectivity index (χ4n) is 2.49. The number of ether oxygens (including phenoxy) is 1. The molecule has 0 radical (unpaired) electrons. The predicted molar refractivity (Wildman–Crippen MR) is 97.9 cm³/mol. The first-order chi connectivity index (χ1) is 12.5. The molecule has 3 aromatic carbocycles. The Balaban J connectivity index is 1.66. The molecule has 0 aromatic heterocycles. The maximum Gasteiger partial charge on any atom is 0.277 e. The lowest BCUT2D eigenvalue weighted by Crippen LogP contribution is -2.25. The highest BCUT2D eigenvalue weighted by molar-refractivity contribution is 6.06. The van der Waals surface area contributed by atoms with Gasteiger partial charge >= 0.3 is 0 Å². The molecule has 5 nitrogen and oxygen atoms in total. The Morgan fingerprint density at radius 3 is 2.77 bits per heavy atom. The highest BCUT2D eigenvalue weighted by Crippen LogP contribution is 2.28. The first-order valence-electron chi connectivity index (χ1n) is 7.97. The smallest absolute Gasteiger partial charge is 0.277 e. The number of carbonyl (C=O) groups is 1. The summed E-state index contributed by atoms with van der Waals surface area (Å²) in [6.07, 6.45) is 0. The topological polar surface area (TPSA) is 70.9 Å². The highest BCUT2D eigenvalue weighted by atomic mass is 19.1. The summed E-state index contributed by atoms with van der Waals surface area (Å²) >= 11 is 0. The van der Waals surface area contributed by atoms with Gasteiger partial charge in [-0.2, -0.15) is 5.10 Å². The van der Waals surface area contributed by atoms with Crippen molar-refractivity contribution < 1.29 is 19.0 Å². The van der Waals surface area contributed by atoms with Gasteiger partial charge in [-0.05, 0) is 30.5 Å². The standard InChI is InChI=1S/C20H17FN2O3/c1-13(17-10-9-14-5-2-3-8-18(14)20(17)25)22-23-19(24)12-26-16-7-4-6-15(21)11-16/h2-11,25H,12H2,1H3,(H,23,24)/b22-13+. The average Bonchev–Trinajstić information content (AvgIpc) is 2.65. The lowest BCUT2D eigenvalue weighted by atomic mass is 10.0. The Morgan fingerprint density at radius 2 is 1.96 bits per heavy atom. The third-order valence-corrected chi connectivity index (χ3v) is 3.80. The van der Waals surface area contributed by atoms with Crippen molar-refractivity contribution in [1.82, 2.24) is 5.43 Å². The molecule has 1 amide bonds. The van der Waals surface area contributed by atoms with Crippen LogP contribution in [0.5, 0.6) is 11.5 Å². The number of nitrogens with zero attached hydrogens (tertiary/aromatic N) is 1. The number of phenols is 1. The van der Waals surface area contributed by atoms with Gasteiger partial charge in [0.25, 0.3) is 5.91 Å². The number of amides is 1. The third-order valence-electron chi connectivity index (χ3n) is 3.80. The SMILES string of the molecule is C/C(=N\NC(=O)COc1cccc(F)c1)c1ccc2ccccc2c1O. The molecule has 6 heteroatoms. The Hall–Kier alpha value is -3.41. The number of rotatable bonds is 5. The third kappa shape index (κ3) is 3.97. The second-order valence-corrected chi connectivity index (χ2v) is 5.66. The number of hydrazone groups is 1. The number of halogens is 1. The normalized spacial score (nSPS) is 11.4. The van der Waals surface area contributed by atoms with Gasteiger partial charge < -0.3 is 9.84 Å². The van der Waals surface area contributed by atoms with Crippen LogP contribution in [0.25, 0.3) is 10.8 Å². The minimum absolute atomic E-state index is 0.106. The summed E-state index contributed by atoms with van der Waals surface area (Å²) in [4.78, 5) is 11.8. The number of fused-ring (bicyclic) bond motifs is 1. The van der Waals surface area contributed by atoms with E-state index in [0.717, 1.165) is 5.39 Å². The van der Waals surface area contributed by atoms with Crippen molar-refractivity contribution in [3.63, 3.8) is 0 Å². The van der Waals surface area contributed by atoms with Gasteiger partial charge in [-0.15, -0.1) is 0 Å². The molecule has 0 unspecified atom stereocenters. The van der Waals surface area contributed by atoms with Crippen molar-refractivity contribution in [2.45, 2.75) is 6.92 Å². The van der Waals surface area contributed by atoms with Gasteiger partial charge in [0.1, 0.15) is 17.3 Å². The number of carbonyl (C=O) groups excluding carboxylic acids is 1. The minimum Gasteiger partial charge on any atom is -0.507 e. The molecule has 0 fully saturated rings. The monoisotopic (exact) mass is 352 g/mol. The fraction of sp³-hybridized carbons (Fsp3) is 0.100. The van der Waals surface area contributed by atoms with Crippen molar-refractivity contribution in [3.8, 4) is 11.5 Å². The van der Waals surface area contributed by atoms with Gasteiger partial charge in [0.05, 0.1) is 5.71 Å². The van der Waals surface area contributed by atoms with Crippen LogP contribution in [0, 0.1) is 5.82 Å². The molecular formula is C20H17FN2O3. The van der Waals surface area contributed by atoms with Gasteiger partial charge in [-0.25, -0.2) is 9.82 Å². The first-order valence-corrected chi connectivity index (χ1v) is 7.97. The van der Waals surface area contributed by atoms with E-state index in [9.17, 15) is 14.3 Å². The molecule has 26 heavy (non-hydrogen) atoms. The predicted octanol–water partition coefficient (Wildman–Crippen LogP) is 3.60. The van der Waals surface area contributed by atoms with E-state index < -0.39 is 11.7 Å². The van der Waals surface area contributed by atoms with E-state index in [-0.39, 0.29) is 18.1 Å². The molecule has 0 aliphatic carbocycles. The van der Waals surface area contributed by atoms with Crippen LogP contribution < -0.4 is 10.2 Å². The zero-order chi connectivity index (χ0) is 18.5. The van der Waals surface area contributed by atoms with Crippen LogP contribution in [0.4, 0.5) is 4.39 Å². The quantitative estimate of drug-likeness (QED) is 0.544. The molecule has 0 bridgehead atoms. The summed E-state index contributed by atoms with van der Waals surface area (Å²) in [7, 11) is 0. The van der Waals surface area contributed by atoms with Gasteiger partial charge in [0.2, 0.25) is 0 Å². The maximum absolute atomic E-state index is 13.1. The van der Waals surface area contributed by atoms with E-state index in [1.807, 2.05) is 30.3 Å². The number of hydrogen-bond acceptors (Lipinski definition) is 4. The number of benzene rings is 3. The van der Waals surface area contributed by atoms with Gasteiger partial charge in [-0.1, -0.05) is 36.4 Å². The largest absolute Gasteiger partial charge is 0.507 e. The van der Waals surface area contributed by atoms with Gasteiger partial charge in [-0.3, -0.25) is 4.79 Å². The van der Waals surface area contributed by atoms with Crippen LogP contribution in [0.15, 0.2) is 65.8 Å². The number of hydrogen-bond donors (Lipinski definition) is 2. The molecular weight excluding hydrogens is 335 g/mol. The molecule has 0 heterocycles. The van der Waals surface area contributed by atoms with E-state index >= 15 is 0 Å². The van der Waals surface area contributed by atoms with E-state index in [1.54, 1.807) is 19.1 Å². The highest BCUT2D eigenvalue weighted by Gasteiger charge is 2.09. The zero-order valence-corrected chi connectivity index (χ0v) is 14.1. The molecule has 0 atom stereocenters. The first kappa shape index (κ1) is 17.4. The van der Waals surface area contributed by atoms with E-state index in [0.29, 0.717) is 16.7 Å².